The summed E-state index contributed by atoms with van der Waals surface area (Å²) in [5.41, 5.74) is 2.26. The molecular formula is C15H12N2O2. The molecule has 0 aliphatic rings. The van der Waals surface area contributed by atoms with Crippen molar-refractivity contribution in [2.45, 2.75) is 6.92 Å². The van der Waals surface area contributed by atoms with Crippen LogP contribution in [0, 0.1) is 18.3 Å². The molecule has 0 saturated carbocycles. The lowest BCUT2D eigenvalue weighted by molar-refractivity contribution is 0.102. The highest BCUT2D eigenvalue weighted by molar-refractivity contribution is 6.04. The highest BCUT2D eigenvalue weighted by atomic mass is 16.3. The molecule has 0 unspecified atom stereocenters. The molecule has 0 radical (unpaired) electrons. The van der Waals surface area contributed by atoms with E-state index in [0.717, 1.165) is 5.56 Å². The normalized spacial score (nSPS) is 9.68. The van der Waals surface area contributed by atoms with E-state index < -0.39 is 0 Å². The monoisotopic (exact) mass is 252 g/mol. The maximum atomic E-state index is 12.0. The third-order valence-corrected chi connectivity index (χ3v) is 2.71. The van der Waals surface area contributed by atoms with Crippen LogP contribution in [0.4, 0.5) is 5.69 Å². The zero-order chi connectivity index (χ0) is 13.8. The van der Waals surface area contributed by atoms with E-state index in [1.165, 1.54) is 12.1 Å². The fourth-order valence-corrected chi connectivity index (χ4v) is 1.71. The van der Waals surface area contributed by atoms with Crippen molar-refractivity contribution >= 4 is 11.6 Å². The number of benzene rings is 2. The lowest BCUT2D eigenvalue weighted by Crippen LogP contribution is -2.12. The fourth-order valence-electron chi connectivity index (χ4n) is 1.71. The minimum Gasteiger partial charge on any atom is -0.508 e. The summed E-state index contributed by atoms with van der Waals surface area (Å²) in [4.78, 5) is 12.0. The van der Waals surface area contributed by atoms with E-state index >= 15 is 0 Å². The predicted molar refractivity (Wildman–Crippen MR) is 72.0 cm³/mol. The van der Waals surface area contributed by atoms with Gasteiger partial charge in [0, 0.05) is 11.3 Å². The van der Waals surface area contributed by atoms with Crippen molar-refractivity contribution in [1.82, 2.24) is 0 Å². The third kappa shape index (κ3) is 2.90. The van der Waals surface area contributed by atoms with Crippen LogP contribution >= 0.6 is 0 Å². The molecule has 2 aromatic rings. The quantitative estimate of drug-likeness (QED) is 0.807. The maximum absolute atomic E-state index is 12.0. The summed E-state index contributed by atoms with van der Waals surface area (Å²) in [6.45, 7) is 1.79. The number of phenolic OH excluding ortho intramolecular Hbond substituents is 1. The number of aromatic hydroxyl groups is 1. The standard InChI is InChI=1S/C15H12N2O2/c1-10-7-13(18)5-6-14(10)17-15(19)12-4-2-3-11(8-12)9-16/h2-8,18H,1H3,(H,17,19). The van der Waals surface area contributed by atoms with Crippen molar-refractivity contribution in [3.8, 4) is 11.8 Å². The third-order valence-electron chi connectivity index (χ3n) is 2.71. The summed E-state index contributed by atoms with van der Waals surface area (Å²) in [7, 11) is 0. The number of nitrogens with zero attached hydrogens (tertiary/aromatic N) is 1. The largest absolute Gasteiger partial charge is 0.508 e. The first-order valence-electron chi connectivity index (χ1n) is 5.71. The Balaban J connectivity index is 2.23. The number of carbonyl (C=O) groups excluding carboxylic acids is 1. The number of nitriles is 1. The van der Waals surface area contributed by atoms with E-state index in [2.05, 4.69) is 5.32 Å². The van der Waals surface area contributed by atoms with E-state index in [9.17, 15) is 9.90 Å². The topological polar surface area (TPSA) is 73.1 Å². The van der Waals surface area contributed by atoms with Crippen molar-refractivity contribution in [3.05, 3.63) is 59.2 Å². The van der Waals surface area contributed by atoms with Gasteiger partial charge in [0.2, 0.25) is 0 Å². The molecule has 0 heterocycles. The van der Waals surface area contributed by atoms with Gasteiger partial charge in [-0.3, -0.25) is 4.79 Å². The van der Waals surface area contributed by atoms with Crippen LogP contribution in [0.1, 0.15) is 21.5 Å². The molecule has 2 rings (SSSR count). The van der Waals surface area contributed by atoms with Crippen LogP contribution in [-0.2, 0) is 0 Å². The highest BCUT2D eigenvalue weighted by Gasteiger charge is 2.08. The Labute approximate surface area is 110 Å². The molecule has 0 bridgehead atoms. The lowest BCUT2D eigenvalue weighted by atomic mass is 10.1. The Morgan fingerprint density at radius 3 is 2.74 bits per heavy atom. The molecule has 2 N–H and O–H groups in total. The predicted octanol–water partition coefficient (Wildman–Crippen LogP) is 2.82. The van der Waals surface area contributed by atoms with Gasteiger partial charge in [0.15, 0.2) is 0 Å². The van der Waals surface area contributed by atoms with Crippen molar-refractivity contribution in [2.24, 2.45) is 0 Å². The van der Waals surface area contributed by atoms with Crippen molar-refractivity contribution in [2.75, 3.05) is 5.32 Å². The zero-order valence-electron chi connectivity index (χ0n) is 10.3. The average Bonchev–Trinajstić information content (AvgIpc) is 2.42. The second-order valence-electron chi connectivity index (χ2n) is 4.15. The number of carbonyl (C=O) groups is 1. The van der Waals surface area contributed by atoms with Gasteiger partial charge in [-0.05, 0) is 48.9 Å². The second-order valence-corrected chi connectivity index (χ2v) is 4.15. The average molecular weight is 252 g/mol. The Morgan fingerprint density at radius 1 is 1.26 bits per heavy atom. The van der Waals surface area contributed by atoms with Crippen molar-refractivity contribution < 1.29 is 9.90 Å². The number of rotatable bonds is 2. The first kappa shape index (κ1) is 12.7. The zero-order valence-corrected chi connectivity index (χ0v) is 10.3. The fraction of sp³-hybridized carbons (Fsp3) is 0.0667. The van der Waals surface area contributed by atoms with E-state index in [1.807, 2.05) is 6.07 Å². The number of aryl methyl sites for hydroxylation is 1. The Bertz CT molecular complexity index is 672. The molecule has 94 valence electrons. The molecule has 0 atom stereocenters. The number of nitrogens with one attached hydrogen (secondary N) is 1. The van der Waals surface area contributed by atoms with Gasteiger partial charge in [0.1, 0.15) is 5.75 Å². The molecule has 0 fully saturated rings. The van der Waals surface area contributed by atoms with E-state index in [4.69, 9.17) is 5.26 Å². The summed E-state index contributed by atoms with van der Waals surface area (Å²) >= 11 is 0. The number of hydrogen-bond acceptors (Lipinski definition) is 3. The smallest absolute Gasteiger partial charge is 0.255 e. The molecule has 19 heavy (non-hydrogen) atoms. The summed E-state index contributed by atoms with van der Waals surface area (Å²) < 4.78 is 0. The number of phenols is 1. The molecule has 0 aliphatic heterocycles. The molecule has 0 saturated heterocycles. The summed E-state index contributed by atoms with van der Waals surface area (Å²) in [6.07, 6.45) is 0. The lowest BCUT2D eigenvalue weighted by Gasteiger charge is -2.08. The molecule has 0 aliphatic carbocycles. The van der Waals surface area contributed by atoms with Gasteiger partial charge in [-0.25, -0.2) is 0 Å². The van der Waals surface area contributed by atoms with Crippen LogP contribution in [0.25, 0.3) is 0 Å². The van der Waals surface area contributed by atoms with Crippen molar-refractivity contribution in [3.63, 3.8) is 0 Å². The van der Waals surface area contributed by atoms with Crippen molar-refractivity contribution in [1.29, 1.82) is 5.26 Å². The Morgan fingerprint density at radius 2 is 2.05 bits per heavy atom. The molecular weight excluding hydrogens is 240 g/mol. The first-order chi connectivity index (χ1) is 9.10. The minimum absolute atomic E-state index is 0.155. The van der Waals surface area contributed by atoms with Gasteiger partial charge in [-0.2, -0.15) is 5.26 Å². The van der Waals surface area contributed by atoms with Gasteiger partial charge < -0.3 is 10.4 Å². The van der Waals surface area contributed by atoms with Gasteiger partial charge in [0.05, 0.1) is 11.6 Å². The second kappa shape index (κ2) is 5.23. The molecule has 0 aromatic heterocycles. The van der Waals surface area contributed by atoms with E-state index in [-0.39, 0.29) is 11.7 Å². The number of hydrogen-bond donors (Lipinski definition) is 2. The van der Waals surface area contributed by atoms with Crippen LogP contribution in [0.15, 0.2) is 42.5 Å². The highest BCUT2D eigenvalue weighted by Crippen LogP contribution is 2.20. The van der Waals surface area contributed by atoms with E-state index in [1.54, 1.807) is 37.3 Å². The van der Waals surface area contributed by atoms with Gasteiger partial charge in [-0.1, -0.05) is 6.07 Å². The van der Waals surface area contributed by atoms with Crippen LogP contribution in [-0.4, -0.2) is 11.0 Å². The Kier molecular flexibility index (Phi) is 3.48. The summed E-state index contributed by atoms with van der Waals surface area (Å²) in [5, 5.41) is 20.9. The maximum Gasteiger partial charge on any atom is 0.255 e. The molecule has 1 amide bonds. The number of anilines is 1. The van der Waals surface area contributed by atoms with Gasteiger partial charge in [-0.15, -0.1) is 0 Å². The van der Waals surface area contributed by atoms with Crippen LogP contribution in [0.3, 0.4) is 0 Å². The van der Waals surface area contributed by atoms with Gasteiger partial charge in [0.25, 0.3) is 5.91 Å². The summed E-state index contributed by atoms with van der Waals surface area (Å²) in [6, 6.07) is 13.2. The minimum atomic E-state index is -0.286. The molecule has 2 aromatic carbocycles. The summed E-state index contributed by atoms with van der Waals surface area (Å²) in [5.74, 6) is -0.132. The first-order valence-corrected chi connectivity index (χ1v) is 5.71. The SMILES string of the molecule is Cc1cc(O)ccc1NC(=O)c1cccc(C#N)c1. The molecule has 4 heteroatoms. The van der Waals surface area contributed by atoms with E-state index in [0.29, 0.717) is 16.8 Å². The van der Waals surface area contributed by atoms with Crippen LogP contribution in [0.2, 0.25) is 0 Å². The van der Waals surface area contributed by atoms with Gasteiger partial charge >= 0.3 is 0 Å². The molecule has 0 spiro atoms. The number of amides is 1. The Hall–Kier alpha value is -2.80. The van der Waals surface area contributed by atoms with Crippen LogP contribution in [0.5, 0.6) is 5.75 Å². The molecule has 4 nitrogen and oxygen atoms in total. The van der Waals surface area contributed by atoms with Crippen LogP contribution < -0.4 is 5.32 Å².